The normalized spacial score (nSPS) is 16.1. The van der Waals surface area contributed by atoms with Crippen LogP contribution in [0, 0.1) is 5.92 Å². The number of rotatable bonds is 7. The van der Waals surface area contributed by atoms with Gasteiger partial charge in [-0.05, 0) is 25.7 Å². The SMILES string of the molecule is COc1cc(-c2nc(-c3cnn(CCO)c3)nn2C(C)C2CCOCC2)ncn1. The Hall–Kier alpha value is -2.85. The molecule has 1 atom stereocenters. The monoisotopic (exact) mass is 399 g/mol. The predicted molar refractivity (Wildman–Crippen MR) is 104 cm³/mol. The van der Waals surface area contributed by atoms with Crippen LogP contribution < -0.4 is 4.74 Å². The van der Waals surface area contributed by atoms with Crippen LogP contribution >= 0.6 is 0 Å². The van der Waals surface area contributed by atoms with E-state index in [4.69, 9.17) is 24.7 Å². The lowest BCUT2D eigenvalue weighted by Crippen LogP contribution is -2.25. The summed E-state index contributed by atoms with van der Waals surface area (Å²) in [5.41, 5.74) is 1.44. The zero-order valence-electron chi connectivity index (χ0n) is 16.6. The molecule has 0 spiro atoms. The van der Waals surface area contributed by atoms with Gasteiger partial charge in [0.25, 0.3) is 0 Å². The van der Waals surface area contributed by atoms with E-state index in [1.807, 2.05) is 10.9 Å². The third-order valence-corrected chi connectivity index (χ3v) is 5.27. The second-order valence-electron chi connectivity index (χ2n) is 7.06. The smallest absolute Gasteiger partial charge is 0.216 e. The van der Waals surface area contributed by atoms with Crippen molar-refractivity contribution in [3.8, 4) is 28.8 Å². The van der Waals surface area contributed by atoms with E-state index in [1.54, 1.807) is 24.1 Å². The van der Waals surface area contributed by atoms with Crippen molar-refractivity contribution in [1.82, 2.24) is 34.5 Å². The highest BCUT2D eigenvalue weighted by Gasteiger charge is 2.27. The van der Waals surface area contributed by atoms with Crippen LogP contribution in [0.1, 0.15) is 25.8 Å². The molecule has 0 saturated carbocycles. The molecule has 10 nitrogen and oxygen atoms in total. The number of hydrogen-bond donors (Lipinski definition) is 1. The molecular weight excluding hydrogens is 374 g/mol. The molecular formula is C19H25N7O3. The zero-order chi connectivity index (χ0) is 20.2. The van der Waals surface area contributed by atoms with Crippen molar-refractivity contribution in [3.63, 3.8) is 0 Å². The maximum Gasteiger partial charge on any atom is 0.216 e. The lowest BCUT2D eigenvalue weighted by atomic mass is 9.93. The van der Waals surface area contributed by atoms with Crippen molar-refractivity contribution in [1.29, 1.82) is 0 Å². The molecule has 0 aliphatic carbocycles. The summed E-state index contributed by atoms with van der Waals surface area (Å²) in [6.45, 7) is 4.14. The Morgan fingerprint density at radius 2 is 2.14 bits per heavy atom. The van der Waals surface area contributed by atoms with Gasteiger partial charge in [-0.25, -0.2) is 19.6 Å². The Kier molecular flexibility index (Phi) is 5.81. The lowest BCUT2D eigenvalue weighted by molar-refractivity contribution is 0.0498. The van der Waals surface area contributed by atoms with E-state index in [0.717, 1.165) is 31.6 Å². The number of aliphatic hydroxyl groups is 1. The van der Waals surface area contributed by atoms with E-state index in [9.17, 15) is 0 Å². The quantitative estimate of drug-likeness (QED) is 0.637. The minimum Gasteiger partial charge on any atom is -0.481 e. The van der Waals surface area contributed by atoms with E-state index < -0.39 is 0 Å². The van der Waals surface area contributed by atoms with Crippen molar-refractivity contribution in [2.45, 2.75) is 32.4 Å². The van der Waals surface area contributed by atoms with Gasteiger partial charge in [-0.2, -0.15) is 5.10 Å². The van der Waals surface area contributed by atoms with Gasteiger partial charge in [0.05, 0.1) is 38.1 Å². The van der Waals surface area contributed by atoms with E-state index in [2.05, 4.69) is 22.0 Å². The van der Waals surface area contributed by atoms with Gasteiger partial charge in [0.2, 0.25) is 5.88 Å². The van der Waals surface area contributed by atoms with Crippen molar-refractivity contribution < 1.29 is 14.6 Å². The van der Waals surface area contributed by atoms with Crippen molar-refractivity contribution in [2.75, 3.05) is 26.9 Å². The Bertz CT molecular complexity index is 949. The number of ether oxygens (including phenoxy) is 2. The Morgan fingerprint density at radius 1 is 1.31 bits per heavy atom. The lowest BCUT2D eigenvalue weighted by Gasteiger charge is -2.28. The second-order valence-corrected chi connectivity index (χ2v) is 7.06. The first-order valence-corrected chi connectivity index (χ1v) is 9.74. The van der Waals surface area contributed by atoms with Crippen molar-refractivity contribution >= 4 is 0 Å². The Labute approximate surface area is 168 Å². The first-order chi connectivity index (χ1) is 14.2. The first-order valence-electron chi connectivity index (χ1n) is 9.74. The van der Waals surface area contributed by atoms with Crippen LogP contribution in [-0.4, -0.2) is 66.5 Å². The zero-order valence-corrected chi connectivity index (χ0v) is 16.6. The second kappa shape index (κ2) is 8.66. The summed E-state index contributed by atoms with van der Waals surface area (Å²) in [5, 5.41) is 18.2. The third kappa shape index (κ3) is 4.13. The molecule has 1 aliphatic heterocycles. The molecule has 154 valence electrons. The van der Waals surface area contributed by atoms with Crippen LogP contribution in [0.2, 0.25) is 0 Å². The summed E-state index contributed by atoms with van der Waals surface area (Å²) in [6, 6.07) is 1.89. The molecule has 10 heteroatoms. The molecule has 0 aromatic carbocycles. The summed E-state index contributed by atoms with van der Waals surface area (Å²) in [5.74, 6) is 2.15. The first kappa shape index (κ1) is 19.5. The highest BCUT2D eigenvalue weighted by molar-refractivity contribution is 5.58. The number of methoxy groups -OCH3 is 1. The average Bonchev–Trinajstić information content (AvgIpc) is 3.41. The standard InChI is InChI=1S/C19H25N7O3/c1-13(14-3-7-29-8-4-14)26-19(16-9-17(28-2)21-12-20-16)23-18(24-26)15-10-22-25(11-15)5-6-27/h9-14,27H,3-8H2,1-2H3. The van der Waals surface area contributed by atoms with Crippen LogP contribution in [0.15, 0.2) is 24.8 Å². The molecule has 3 aromatic rings. The molecule has 1 aliphatic rings. The van der Waals surface area contributed by atoms with Crippen LogP contribution in [0.3, 0.4) is 0 Å². The summed E-state index contributed by atoms with van der Waals surface area (Å²) in [4.78, 5) is 13.3. The van der Waals surface area contributed by atoms with Crippen LogP contribution in [-0.2, 0) is 11.3 Å². The third-order valence-electron chi connectivity index (χ3n) is 5.27. The van der Waals surface area contributed by atoms with Gasteiger partial charge >= 0.3 is 0 Å². The summed E-state index contributed by atoms with van der Waals surface area (Å²) >= 11 is 0. The number of hydrogen-bond acceptors (Lipinski definition) is 8. The maximum atomic E-state index is 9.13. The van der Waals surface area contributed by atoms with Gasteiger partial charge < -0.3 is 14.6 Å². The number of aromatic nitrogens is 7. The van der Waals surface area contributed by atoms with Gasteiger partial charge in [0.15, 0.2) is 11.6 Å². The van der Waals surface area contributed by atoms with Crippen LogP contribution in [0.25, 0.3) is 22.9 Å². The maximum absolute atomic E-state index is 9.13. The van der Waals surface area contributed by atoms with E-state index >= 15 is 0 Å². The average molecular weight is 399 g/mol. The summed E-state index contributed by atoms with van der Waals surface area (Å²) in [7, 11) is 1.57. The van der Waals surface area contributed by atoms with Gasteiger partial charge in [0, 0.05) is 25.5 Å². The molecule has 0 amide bonds. The largest absolute Gasteiger partial charge is 0.481 e. The molecule has 1 saturated heterocycles. The molecule has 3 aromatic heterocycles. The highest BCUT2D eigenvalue weighted by atomic mass is 16.5. The van der Waals surface area contributed by atoms with Gasteiger partial charge in [0.1, 0.15) is 12.0 Å². The van der Waals surface area contributed by atoms with E-state index in [0.29, 0.717) is 35.7 Å². The number of nitrogens with zero attached hydrogens (tertiary/aromatic N) is 7. The summed E-state index contributed by atoms with van der Waals surface area (Å²) in [6.07, 6.45) is 6.97. The topological polar surface area (TPSA) is 113 Å². The molecule has 0 radical (unpaired) electrons. The van der Waals surface area contributed by atoms with Gasteiger partial charge in [-0.3, -0.25) is 4.68 Å². The molecule has 1 fully saturated rings. The van der Waals surface area contributed by atoms with Crippen molar-refractivity contribution in [2.24, 2.45) is 5.92 Å². The fourth-order valence-corrected chi connectivity index (χ4v) is 3.58. The van der Waals surface area contributed by atoms with Crippen molar-refractivity contribution in [3.05, 3.63) is 24.8 Å². The van der Waals surface area contributed by atoms with E-state index in [1.165, 1.54) is 6.33 Å². The molecule has 1 unspecified atom stereocenters. The fraction of sp³-hybridized carbons (Fsp3) is 0.526. The van der Waals surface area contributed by atoms with E-state index in [-0.39, 0.29) is 12.6 Å². The molecule has 0 bridgehead atoms. The Balaban J connectivity index is 1.74. The molecule has 29 heavy (non-hydrogen) atoms. The highest BCUT2D eigenvalue weighted by Crippen LogP contribution is 2.32. The minimum atomic E-state index is 0.0236. The fourth-order valence-electron chi connectivity index (χ4n) is 3.58. The summed E-state index contributed by atoms with van der Waals surface area (Å²) < 4.78 is 14.4. The predicted octanol–water partition coefficient (Wildman–Crippen LogP) is 1.59. The Morgan fingerprint density at radius 3 is 2.90 bits per heavy atom. The molecule has 1 N–H and O–H groups in total. The molecule has 4 rings (SSSR count). The van der Waals surface area contributed by atoms with Crippen LogP contribution in [0.5, 0.6) is 5.88 Å². The number of aliphatic hydroxyl groups excluding tert-OH is 1. The van der Waals surface area contributed by atoms with Gasteiger partial charge in [-0.15, -0.1) is 5.10 Å². The minimum absolute atomic E-state index is 0.0236. The van der Waals surface area contributed by atoms with Crippen LogP contribution in [0.4, 0.5) is 0 Å². The molecule has 4 heterocycles. The van der Waals surface area contributed by atoms with Gasteiger partial charge in [-0.1, -0.05) is 0 Å².